The van der Waals surface area contributed by atoms with Gasteiger partial charge >= 0.3 is 12.0 Å². The molecule has 0 spiro atoms. The first-order valence-electron chi connectivity index (χ1n) is 13.9. The number of carbonyl (C=O) groups is 4. The summed E-state index contributed by atoms with van der Waals surface area (Å²) in [7, 11) is -2.84. The van der Waals surface area contributed by atoms with E-state index in [-0.39, 0.29) is 36.0 Å². The lowest BCUT2D eigenvalue weighted by atomic mass is 9.95. The SMILES string of the molecule is CN1CCC(=O)N(c2ccc(C[C@H](Nc3cc(F)c(NS(=O)(=O)c4ccc(NC(=O)C(C)(C)C)cc4)cc3F)C(=O)O)cn2)C1=O. The van der Waals surface area contributed by atoms with Gasteiger partial charge in [-0.15, -0.1) is 0 Å². The molecule has 2 aromatic carbocycles. The second-order valence-electron chi connectivity index (χ2n) is 11.6. The van der Waals surface area contributed by atoms with Crippen molar-refractivity contribution in [3.05, 3.63) is 71.9 Å². The number of hydrogen-bond donors (Lipinski definition) is 4. The zero-order valence-electron chi connectivity index (χ0n) is 25.3. The van der Waals surface area contributed by atoms with Crippen LogP contribution in [0.4, 0.5) is 36.5 Å². The lowest BCUT2D eigenvalue weighted by Crippen LogP contribution is -2.51. The van der Waals surface area contributed by atoms with Crippen LogP contribution in [0.1, 0.15) is 32.8 Å². The smallest absolute Gasteiger partial charge is 0.332 e. The molecule has 1 atom stereocenters. The minimum atomic E-state index is -4.38. The van der Waals surface area contributed by atoms with Crippen LogP contribution in [0, 0.1) is 17.0 Å². The summed E-state index contributed by atoms with van der Waals surface area (Å²) in [6, 6.07) is 7.08. The fourth-order valence-electron chi connectivity index (χ4n) is 4.24. The van der Waals surface area contributed by atoms with E-state index in [0.717, 1.165) is 4.90 Å². The van der Waals surface area contributed by atoms with Crippen molar-refractivity contribution in [3.63, 3.8) is 0 Å². The summed E-state index contributed by atoms with van der Waals surface area (Å²) in [5.74, 6) is -4.39. The molecule has 0 radical (unpaired) electrons. The maximum atomic E-state index is 15.0. The molecular weight excluding hydrogens is 626 g/mol. The number of aromatic nitrogens is 1. The van der Waals surface area contributed by atoms with E-state index in [4.69, 9.17) is 0 Å². The van der Waals surface area contributed by atoms with Gasteiger partial charge in [0.2, 0.25) is 11.8 Å². The van der Waals surface area contributed by atoms with Gasteiger partial charge in [-0.05, 0) is 35.9 Å². The molecule has 0 bridgehead atoms. The average molecular weight is 659 g/mol. The van der Waals surface area contributed by atoms with Crippen molar-refractivity contribution in [2.45, 2.75) is 44.6 Å². The first-order valence-corrected chi connectivity index (χ1v) is 15.4. The summed E-state index contributed by atoms with van der Waals surface area (Å²) in [4.78, 5) is 54.9. The number of carbonyl (C=O) groups excluding carboxylic acids is 3. The summed E-state index contributed by atoms with van der Waals surface area (Å²) in [6.45, 7) is 5.41. The van der Waals surface area contributed by atoms with Gasteiger partial charge in [0.05, 0.1) is 16.3 Å². The van der Waals surface area contributed by atoms with Crippen molar-refractivity contribution < 1.29 is 41.5 Å². The van der Waals surface area contributed by atoms with Crippen LogP contribution in [0.25, 0.3) is 0 Å². The summed E-state index contributed by atoms with van der Waals surface area (Å²) in [6.07, 6.45) is 1.14. The number of urea groups is 1. The zero-order chi connectivity index (χ0) is 34.0. The number of halogens is 2. The Hall–Kier alpha value is -5.12. The standard InChI is InChI=1S/C30H32F2N6O7S/c1-30(2,3)28(42)34-18-6-8-19(9-7-18)46(44,45)36-23-15-20(31)22(14-21(23)32)35-24(27(40)41)13-17-5-10-25(33-16-17)38-26(39)11-12-37(4)29(38)43/h5-10,14-16,24,35-36H,11-13H2,1-4H3,(H,34,42)(H,40,41)/t24-/m0/s1. The van der Waals surface area contributed by atoms with E-state index < -0.39 is 62.4 Å². The molecule has 0 aliphatic carbocycles. The van der Waals surface area contributed by atoms with Gasteiger partial charge in [0, 0.05) is 55.9 Å². The number of nitrogens with zero attached hydrogens (tertiary/aromatic N) is 3. The molecule has 16 heteroatoms. The molecule has 1 aliphatic rings. The quantitative estimate of drug-likeness (QED) is 0.250. The summed E-state index contributed by atoms with van der Waals surface area (Å²) >= 11 is 0. The van der Waals surface area contributed by atoms with Crippen LogP contribution in [-0.2, 0) is 30.8 Å². The van der Waals surface area contributed by atoms with Gasteiger partial charge < -0.3 is 20.6 Å². The topological polar surface area (TPSA) is 178 Å². The largest absolute Gasteiger partial charge is 0.480 e. The van der Waals surface area contributed by atoms with Crippen molar-refractivity contribution in [1.82, 2.24) is 9.88 Å². The highest BCUT2D eigenvalue weighted by atomic mass is 32.2. The minimum Gasteiger partial charge on any atom is -0.480 e. The summed E-state index contributed by atoms with van der Waals surface area (Å²) in [5, 5.41) is 14.8. The van der Waals surface area contributed by atoms with E-state index in [1.54, 1.807) is 27.8 Å². The molecule has 1 saturated heterocycles. The third-order valence-electron chi connectivity index (χ3n) is 6.94. The number of pyridine rings is 1. The van der Waals surface area contributed by atoms with E-state index in [0.29, 0.717) is 23.4 Å². The third-order valence-corrected chi connectivity index (χ3v) is 8.32. The second-order valence-corrected chi connectivity index (χ2v) is 13.3. The molecule has 4 rings (SSSR count). The number of benzene rings is 2. The molecule has 244 valence electrons. The van der Waals surface area contributed by atoms with Gasteiger partial charge in [0.25, 0.3) is 10.0 Å². The number of imide groups is 1. The van der Waals surface area contributed by atoms with Crippen LogP contribution in [0.2, 0.25) is 0 Å². The van der Waals surface area contributed by atoms with Crippen LogP contribution in [-0.4, -0.2) is 66.9 Å². The molecule has 0 unspecified atom stereocenters. The predicted octanol–water partition coefficient (Wildman–Crippen LogP) is 4.04. The van der Waals surface area contributed by atoms with E-state index >= 15 is 4.39 Å². The number of sulfonamides is 1. The first kappa shape index (κ1) is 33.8. The number of anilines is 4. The van der Waals surface area contributed by atoms with E-state index in [1.165, 1.54) is 47.5 Å². The molecule has 13 nitrogen and oxygen atoms in total. The van der Waals surface area contributed by atoms with Crippen LogP contribution in [0.3, 0.4) is 0 Å². The van der Waals surface area contributed by atoms with Crippen molar-refractivity contribution >= 4 is 56.7 Å². The van der Waals surface area contributed by atoms with Gasteiger partial charge in [-0.1, -0.05) is 26.8 Å². The molecule has 3 aromatic rings. The van der Waals surface area contributed by atoms with Gasteiger partial charge in [-0.3, -0.25) is 14.3 Å². The fourth-order valence-corrected chi connectivity index (χ4v) is 5.30. The van der Waals surface area contributed by atoms with Gasteiger partial charge in [0.15, 0.2) is 0 Å². The Kier molecular flexibility index (Phi) is 9.60. The number of nitrogens with one attached hydrogen (secondary N) is 3. The Morgan fingerprint density at radius 3 is 2.24 bits per heavy atom. The van der Waals surface area contributed by atoms with Crippen molar-refractivity contribution in [1.29, 1.82) is 0 Å². The second kappa shape index (κ2) is 13.1. The maximum absolute atomic E-state index is 15.0. The Balaban J connectivity index is 1.46. The fraction of sp³-hybridized carbons (Fsp3) is 0.300. The Labute approximate surface area is 263 Å². The average Bonchev–Trinajstić information content (AvgIpc) is 2.97. The molecule has 1 fully saturated rings. The summed E-state index contributed by atoms with van der Waals surface area (Å²) < 4.78 is 57.7. The third kappa shape index (κ3) is 7.74. The first-order chi connectivity index (χ1) is 21.5. The Bertz CT molecular complexity index is 1780. The highest BCUT2D eigenvalue weighted by Crippen LogP contribution is 2.27. The molecule has 4 N–H and O–H groups in total. The number of aliphatic carboxylic acids is 1. The van der Waals surface area contributed by atoms with Gasteiger partial charge in [0.1, 0.15) is 23.5 Å². The molecule has 1 aliphatic heterocycles. The van der Waals surface area contributed by atoms with E-state index in [1.807, 2.05) is 4.72 Å². The minimum absolute atomic E-state index is 0.0551. The predicted molar refractivity (Wildman–Crippen MR) is 165 cm³/mol. The van der Waals surface area contributed by atoms with Crippen LogP contribution >= 0.6 is 0 Å². The highest BCUT2D eigenvalue weighted by Gasteiger charge is 2.32. The lowest BCUT2D eigenvalue weighted by molar-refractivity contribution is -0.138. The van der Waals surface area contributed by atoms with Crippen molar-refractivity contribution in [2.24, 2.45) is 5.41 Å². The van der Waals surface area contributed by atoms with Crippen LogP contribution < -0.4 is 20.3 Å². The highest BCUT2D eigenvalue weighted by molar-refractivity contribution is 7.92. The Morgan fingerprint density at radius 1 is 1.02 bits per heavy atom. The molecular formula is C30H32F2N6O7S. The van der Waals surface area contributed by atoms with E-state index in [9.17, 15) is 37.1 Å². The number of hydrogen-bond acceptors (Lipinski definition) is 8. The van der Waals surface area contributed by atoms with E-state index in [2.05, 4.69) is 15.6 Å². The van der Waals surface area contributed by atoms with Crippen LogP contribution in [0.15, 0.2) is 59.6 Å². The molecule has 0 saturated carbocycles. The van der Waals surface area contributed by atoms with Crippen LogP contribution in [0.5, 0.6) is 0 Å². The summed E-state index contributed by atoms with van der Waals surface area (Å²) in [5.41, 5.74) is -1.25. The lowest BCUT2D eigenvalue weighted by Gasteiger charge is -2.30. The normalized spacial score (nSPS) is 14.6. The maximum Gasteiger partial charge on any atom is 0.332 e. The number of carboxylic acid groups (broad SMARTS) is 1. The number of rotatable bonds is 10. The monoisotopic (exact) mass is 658 g/mol. The van der Waals surface area contributed by atoms with Gasteiger partial charge in [-0.2, -0.15) is 0 Å². The van der Waals surface area contributed by atoms with Crippen molar-refractivity contribution in [2.75, 3.05) is 33.8 Å². The number of amides is 4. The Morgan fingerprint density at radius 2 is 1.65 bits per heavy atom. The molecule has 46 heavy (non-hydrogen) atoms. The van der Waals surface area contributed by atoms with Gasteiger partial charge in [-0.25, -0.2) is 36.7 Å². The zero-order valence-corrected chi connectivity index (χ0v) is 26.1. The number of carboxylic acids is 1. The molecule has 2 heterocycles. The molecule has 1 aromatic heterocycles. The van der Waals surface area contributed by atoms with Crippen molar-refractivity contribution in [3.8, 4) is 0 Å². The molecule has 4 amide bonds.